The van der Waals surface area contributed by atoms with Gasteiger partial charge in [0, 0.05) is 23.0 Å². The third-order valence-electron chi connectivity index (χ3n) is 9.08. The molecule has 3 nitrogen and oxygen atoms in total. The molecule has 9 aromatic rings. The van der Waals surface area contributed by atoms with Gasteiger partial charge in [-0.3, -0.25) is 9.55 Å². The first kappa shape index (κ1) is 27.0. The molecule has 0 radical (unpaired) electrons. The van der Waals surface area contributed by atoms with Gasteiger partial charge in [-0.1, -0.05) is 133 Å². The van der Waals surface area contributed by atoms with Crippen LogP contribution in [0.4, 0.5) is 0 Å². The van der Waals surface area contributed by atoms with E-state index in [2.05, 4.69) is 156 Å². The quantitative estimate of drug-likeness (QED) is 0.184. The lowest BCUT2D eigenvalue weighted by atomic mass is 9.84. The summed E-state index contributed by atoms with van der Waals surface area (Å²) in [4.78, 5) is 9.82. The highest BCUT2D eigenvalue weighted by atomic mass is 15.1. The van der Waals surface area contributed by atoms with Crippen molar-refractivity contribution in [3.8, 4) is 50.6 Å². The van der Waals surface area contributed by atoms with Gasteiger partial charge in [0.15, 0.2) is 0 Å². The fourth-order valence-electron chi connectivity index (χ4n) is 7.02. The van der Waals surface area contributed by atoms with Crippen LogP contribution >= 0.6 is 0 Å². The van der Waals surface area contributed by atoms with Gasteiger partial charge >= 0.3 is 0 Å². The maximum Gasteiger partial charge on any atom is 0.145 e. The van der Waals surface area contributed by atoms with Gasteiger partial charge in [0.05, 0.1) is 16.7 Å². The molecule has 0 aliphatic rings. The van der Waals surface area contributed by atoms with Crippen molar-refractivity contribution in [2.45, 2.75) is 0 Å². The van der Waals surface area contributed by atoms with Crippen LogP contribution in [0.15, 0.2) is 176 Å². The number of nitrogens with zero attached hydrogens (tertiary/aromatic N) is 3. The molecule has 220 valence electrons. The van der Waals surface area contributed by atoms with E-state index in [1.807, 2.05) is 24.4 Å². The van der Waals surface area contributed by atoms with Crippen LogP contribution in [0.1, 0.15) is 0 Å². The second kappa shape index (κ2) is 11.2. The highest BCUT2D eigenvalue weighted by Gasteiger charge is 2.20. The average molecular weight is 600 g/mol. The summed E-state index contributed by atoms with van der Waals surface area (Å²) in [6.45, 7) is 0. The Morgan fingerprint density at radius 1 is 0.404 bits per heavy atom. The molecular formula is C44H29N3. The molecular weight excluding hydrogens is 571 g/mol. The van der Waals surface area contributed by atoms with Crippen molar-refractivity contribution in [2.24, 2.45) is 0 Å². The Kier molecular flexibility index (Phi) is 6.46. The topological polar surface area (TPSA) is 30.7 Å². The maximum absolute atomic E-state index is 5.10. The second-order valence-corrected chi connectivity index (χ2v) is 11.8. The Hall–Kier alpha value is -6.32. The van der Waals surface area contributed by atoms with Crippen molar-refractivity contribution in [2.75, 3.05) is 0 Å². The molecule has 0 N–H and O–H groups in total. The molecule has 9 rings (SSSR count). The van der Waals surface area contributed by atoms with Crippen LogP contribution in [0.3, 0.4) is 0 Å². The van der Waals surface area contributed by atoms with Gasteiger partial charge in [-0.2, -0.15) is 0 Å². The van der Waals surface area contributed by atoms with Crippen LogP contribution in [-0.2, 0) is 0 Å². The summed E-state index contributed by atoms with van der Waals surface area (Å²) in [7, 11) is 0. The van der Waals surface area contributed by atoms with Crippen LogP contribution < -0.4 is 0 Å². The minimum atomic E-state index is 0.931. The summed E-state index contributed by atoms with van der Waals surface area (Å²) < 4.78 is 2.25. The van der Waals surface area contributed by atoms with E-state index in [0.29, 0.717) is 0 Å². The zero-order valence-electron chi connectivity index (χ0n) is 25.6. The van der Waals surface area contributed by atoms with E-state index in [1.54, 1.807) is 0 Å². The van der Waals surface area contributed by atoms with Gasteiger partial charge < -0.3 is 0 Å². The monoisotopic (exact) mass is 599 g/mol. The predicted octanol–water partition coefficient (Wildman–Crippen LogP) is 11.4. The Balaban J connectivity index is 1.25. The Morgan fingerprint density at radius 2 is 0.957 bits per heavy atom. The first-order valence-corrected chi connectivity index (χ1v) is 15.9. The van der Waals surface area contributed by atoms with Gasteiger partial charge in [-0.05, 0) is 80.2 Å². The fourth-order valence-corrected chi connectivity index (χ4v) is 7.02. The largest absolute Gasteiger partial charge is 0.292 e. The molecule has 0 unspecified atom stereocenters. The molecule has 0 bridgehead atoms. The number of rotatable bonds is 5. The molecule has 2 aromatic heterocycles. The zero-order valence-corrected chi connectivity index (χ0v) is 25.6. The first-order chi connectivity index (χ1) is 23.3. The molecule has 47 heavy (non-hydrogen) atoms. The smallest absolute Gasteiger partial charge is 0.145 e. The first-order valence-electron chi connectivity index (χ1n) is 15.9. The van der Waals surface area contributed by atoms with E-state index < -0.39 is 0 Å². The van der Waals surface area contributed by atoms with Gasteiger partial charge in [-0.25, -0.2) is 4.98 Å². The van der Waals surface area contributed by atoms with Gasteiger partial charge in [0.2, 0.25) is 0 Å². The number of hydrogen-bond donors (Lipinski definition) is 0. The SMILES string of the molecule is c1ccc(-n2c(-c3ccc(-c4c5ccccc5c(-c5ccccc5-c5ccccn5)c5ccccc45)cc3)nc3ccccc32)cc1. The van der Waals surface area contributed by atoms with Crippen molar-refractivity contribution >= 4 is 32.6 Å². The van der Waals surface area contributed by atoms with E-state index in [1.165, 1.54) is 43.8 Å². The van der Waals surface area contributed by atoms with Crippen molar-refractivity contribution in [3.63, 3.8) is 0 Å². The molecule has 7 aromatic carbocycles. The standard InChI is InChI=1S/C44H29N3/c1-2-14-32(15-3-1)47-41-24-11-10-23-40(41)46-44(47)31-27-25-30(26-28-31)42-35-18-6-8-20-37(35)43(38-21-9-7-19-36(38)42)34-17-5-4-16-33(34)39-22-12-13-29-45-39/h1-29H. The fraction of sp³-hybridized carbons (Fsp3) is 0. The highest BCUT2D eigenvalue weighted by Crippen LogP contribution is 2.46. The van der Waals surface area contributed by atoms with E-state index in [4.69, 9.17) is 9.97 Å². The summed E-state index contributed by atoms with van der Waals surface area (Å²) >= 11 is 0. The number of imidazole rings is 1. The Morgan fingerprint density at radius 3 is 1.64 bits per heavy atom. The summed E-state index contributed by atoms with van der Waals surface area (Å²) in [5, 5.41) is 4.89. The van der Waals surface area contributed by atoms with Crippen molar-refractivity contribution < 1.29 is 0 Å². The summed E-state index contributed by atoms with van der Waals surface area (Å²) in [5.74, 6) is 0.931. The maximum atomic E-state index is 5.10. The van der Waals surface area contributed by atoms with E-state index >= 15 is 0 Å². The molecule has 0 spiro atoms. The van der Waals surface area contributed by atoms with Crippen LogP contribution in [0.25, 0.3) is 83.2 Å². The molecule has 0 aliphatic heterocycles. The van der Waals surface area contributed by atoms with Crippen molar-refractivity contribution in [1.82, 2.24) is 14.5 Å². The zero-order chi connectivity index (χ0) is 31.2. The number of para-hydroxylation sites is 3. The number of pyridine rings is 1. The molecule has 0 atom stereocenters. The van der Waals surface area contributed by atoms with Crippen molar-refractivity contribution in [3.05, 3.63) is 176 Å². The Labute approximate surface area is 273 Å². The average Bonchev–Trinajstić information content (AvgIpc) is 3.54. The molecule has 0 amide bonds. The third kappa shape index (κ3) is 4.52. The summed E-state index contributed by atoms with van der Waals surface area (Å²) in [5.41, 5.74) is 11.2. The Bertz CT molecular complexity index is 2490. The van der Waals surface area contributed by atoms with Crippen LogP contribution in [0.2, 0.25) is 0 Å². The lowest BCUT2D eigenvalue weighted by Crippen LogP contribution is -1.97. The van der Waals surface area contributed by atoms with E-state index in [9.17, 15) is 0 Å². The minimum Gasteiger partial charge on any atom is -0.292 e. The molecule has 2 heterocycles. The second-order valence-electron chi connectivity index (χ2n) is 11.8. The number of fused-ring (bicyclic) bond motifs is 3. The summed E-state index contributed by atoms with van der Waals surface area (Å²) in [6, 6.07) is 60.1. The van der Waals surface area contributed by atoms with Crippen LogP contribution in [-0.4, -0.2) is 14.5 Å². The highest BCUT2D eigenvalue weighted by molar-refractivity contribution is 6.22. The number of benzene rings is 7. The predicted molar refractivity (Wildman–Crippen MR) is 196 cm³/mol. The molecule has 3 heteroatoms. The minimum absolute atomic E-state index is 0.931. The number of aromatic nitrogens is 3. The molecule has 0 fully saturated rings. The van der Waals surface area contributed by atoms with Gasteiger partial charge in [0.1, 0.15) is 5.82 Å². The lowest BCUT2D eigenvalue weighted by molar-refractivity contribution is 1.10. The van der Waals surface area contributed by atoms with E-state index in [-0.39, 0.29) is 0 Å². The van der Waals surface area contributed by atoms with Crippen LogP contribution in [0, 0.1) is 0 Å². The normalized spacial score (nSPS) is 11.4. The summed E-state index contributed by atoms with van der Waals surface area (Å²) in [6.07, 6.45) is 1.87. The molecule has 0 saturated heterocycles. The third-order valence-corrected chi connectivity index (χ3v) is 9.08. The number of hydrogen-bond acceptors (Lipinski definition) is 2. The van der Waals surface area contributed by atoms with Crippen molar-refractivity contribution in [1.29, 1.82) is 0 Å². The van der Waals surface area contributed by atoms with Gasteiger partial charge in [0.25, 0.3) is 0 Å². The molecule has 0 saturated carbocycles. The molecule has 0 aliphatic carbocycles. The van der Waals surface area contributed by atoms with E-state index in [0.717, 1.165) is 39.4 Å². The van der Waals surface area contributed by atoms with Crippen LogP contribution in [0.5, 0.6) is 0 Å². The lowest BCUT2D eigenvalue weighted by Gasteiger charge is -2.19. The van der Waals surface area contributed by atoms with Gasteiger partial charge in [-0.15, -0.1) is 0 Å².